The van der Waals surface area contributed by atoms with Crippen LogP contribution in [0.5, 0.6) is 5.75 Å². The molecule has 176 valence electrons. The van der Waals surface area contributed by atoms with Crippen LogP contribution in [0.2, 0.25) is 0 Å². The van der Waals surface area contributed by atoms with E-state index in [4.69, 9.17) is 14.2 Å². The molecule has 1 unspecified atom stereocenters. The number of carbonyl (C=O) groups is 1. The highest BCUT2D eigenvalue weighted by molar-refractivity contribution is 5.95. The van der Waals surface area contributed by atoms with Gasteiger partial charge >= 0.3 is 6.09 Å². The minimum atomic E-state index is -0.483. The highest BCUT2D eigenvalue weighted by Gasteiger charge is 2.27. The maximum absolute atomic E-state index is 11.9. The summed E-state index contributed by atoms with van der Waals surface area (Å²) in [6.45, 7) is 5.82. The van der Waals surface area contributed by atoms with Gasteiger partial charge in [-0.1, -0.05) is 12.1 Å². The Balaban J connectivity index is 1.51. The minimum Gasteiger partial charge on any atom is -0.488 e. The summed E-state index contributed by atoms with van der Waals surface area (Å²) in [5, 5.41) is 13.8. The summed E-state index contributed by atoms with van der Waals surface area (Å²) in [6.07, 6.45) is 2.70. The second kappa shape index (κ2) is 9.40. The lowest BCUT2D eigenvalue weighted by Crippen LogP contribution is -2.17. The number of anilines is 1. The van der Waals surface area contributed by atoms with Crippen LogP contribution in [-0.2, 0) is 16.0 Å². The smallest absolute Gasteiger partial charge is 0.411 e. The Kier molecular flexibility index (Phi) is 6.16. The van der Waals surface area contributed by atoms with Crippen molar-refractivity contribution in [2.24, 2.45) is 5.92 Å². The van der Waals surface area contributed by atoms with Crippen molar-refractivity contribution >= 4 is 22.7 Å². The van der Waals surface area contributed by atoms with Crippen LogP contribution >= 0.6 is 0 Å². The van der Waals surface area contributed by atoms with Crippen LogP contribution in [0.3, 0.4) is 0 Å². The molecule has 5 rings (SSSR count). The third-order valence-corrected chi connectivity index (χ3v) is 6.22. The molecular formula is C27H29N3O4. The second-order valence-electron chi connectivity index (χ2n) is 9.33. The predicted molar refractivity (Wildman–Crippen MR) is 130 cm³/mol. The molecule has 1 aromatic heterocycles. The summed E-state index contributed by atoms with van der Waals surface area (Å²) in [6, 6.07) is 16.0. The third kappa shape index (κ3) is 4.73. The van der Waals surface area contributed by atoms with Gasteiger partial charge < -0.3 is 18.8 Å². The standard InChI is InChI=1S/C27H29N3O4/c1-17(2)33-27(31)29-20-7-5-19(6-8-20)26-24(14-28)23-10-9-21(34-22-11-12-32-16-22)13-25(23)30(26)15-18-3-4-18/h5-10,13,17-18,22H,3-4,11-12,15-16H2,1-2H3,(H,29,31). The number of hydrogen-bond donors (Lipinski definition) is 1. The topological polar surface area (TPSA) is 85.5 Å². The fourth-order valence-corrected chi connectivity index (χ4v) is 4.44. The van der Waals surface area contributed by atoms with Gasteiger partial charge in [-0.25, -0.2) is 4.79 Å². The lowest BCUT2D eigenvalue weighted by molar-refractivity contribution is 0.130. The Labute approximate surface area is 199 Å². The molecule has 2 heterocycles. The van der Waals surface area contributed by atoms with Crippen molar-refractivity contribution in [2.75, 3.05) is 18.5 Å². The maximum atomic E-state index is 11.9. The molecule has 1 amide bonds. The Morgan fingerprint density at radius 1 is 1.21 bits per heavy atom. The lowest BCUT2D eigenvalue weighted by Gasteiger charge is -2.14. The van der Waals surface area contributed by atoms with Gasteiger partial charge in [-0.3, -0.25) is 5.32 Å². The average molecular weight is 460 g/mol. The van der Waals surface area contributed by atoms with Crippen molar-refractivity contribution in [2.45, 2.75) is 51.9 Å². The molecule has 0 bridgehead atoms. The zero-order chi connectivity index (χ0) is 23.7. The number of benzene rings is 2. The van der Waals surface area contributed by atoms with E-state index >= 15 is 0 Å². The number of aromatic nitrogens is 1. The molecule has 0 radical (unpaired) electrons. The fourth-order valence-electron chi connectivity index (χ4n) is 4.44. The van der Waals surface area contributed by atoms with Crippen LogP contribution in [0.1, 0.15) is 38.7 Å². The van der Waals surface area contributed by atoms with E-state index in [0.29, 0.717) is 23.8 Å². The number of ether oxygens (including phenoxy) is 3. The number of nitrogens with zero attached hydrogens (tertiary/aromatic N) is 2. The van der Waals surface area contributed by atoms with E-state index in [1.807, 2.05) is 50.2 Å². The number of carbonyl (C=O) groups excluding carboxylic acids is 1. The monoisotopic (exact) mass is 459 g/mol. The number of hydrogen-bond acceptors (Lipinski definition) is 5. The molecule has 1 saturated heterocycles. The van der Waals surface area contributed by atoms with Gasteiger partial charge in [-0.15, -0.1) is 0 Å². The quantitative estimate of drug-likeness (QED) is 0.489. The first-order chi connectivity index (χ1) is 16.5. The van der Waals surface area contributed by atoms with Crippen LogP contribution in [0.4, 0.5) is 10.5 Å². The van der Waals surface area contributed by atoms with Gasteiger partial charge in [0.1, 0.15) is 17.9 Å². The molecule has 7 heteroatoms. The van der Waals surface area contributed by atoms with E-state index in [0.717, 1.165) is 47.5 Å². The highest BCUT2D eigenvalue weighted by Crippen LogP contribution is 2.40. The van der Waals surface area contributed by atoms with E-state index in [1.165, 1.54) is 12.8 Å². The summed E-state index contributed by atoms with van der Waals surface area (Å²) >= 11 is 0. The van der Waals surface area contributed by atoms with Gasteiger partial charge in [0.05, 0.1) is 36.1 Å². The van der Waals surface area contributed by atoms with Gasteiger partial charge in [-0.2, -0.15) is 5.26 Å². The molecule has 2 aliphatic rings. The van der Waals surface area contributed by atoms with Crippen molar-refractivity contribution in [3.8, 4) is 23.1 Å². The molecule has 3 aromatic rings. The summed E-state index contributed by atoms with van der Waals surface area (Å²) < 4.78 is 19.0. The maximum Gasteiger partial charge on any atom is 0.411 e. The van der Waals surface area contributed by atoms with Crippen LogP contribution in [0.15, 0.2) is 42.5 Å². The van der Waals surface area contributed by atoms with Gasteiger partial charge in [-0.05, 0) is 62.4 Å². The normalized spacial score (nSPS) is 17.6. The number of fused-ring (bicyclic) bond motifs is 1. The number of rotatable bonds is 7. The zero-order valence-corrected chi connectivity index (χ0v) is 19.5. The van der Waals surface area contributed by atoms with E-state index in [9.17, 15) is 10.1 Å². The van der Waals surface area contributed by atoms with Gasteiger partial charge in [0.2, 0.25) is 0 Å². The second-order valence-corrected chi connectivity index (χ2v) is 9.33. The zero-order valence-electron chi connectivity index (χ0n) is 19.5. The number of amides is 1. The van der Waals surface area contributed by atoms with Crippen LogP contribution in [0, 0.1) is 17.2 Å². The Hall–Kier alpha value is -3.50. The van der Waals surface area contributed by atoms with Crippen molar-refractivity contribution in [1.29, 1.82) is 5.26 Å². The molecule has 2 fully saturated rings. The number of nitriles is 1. The highest BCUT2D eigenvalue weighted by atomic mass is 16.6. The molecule has 34 heavy (non-hydrogen) atoms. The molecule has 1 aliphatic carbocycles. The fraction of sp³-hybridized carbons (Fsp3) is 0.407. The largest absolute Gasteiger partial charge is 0.488 e. The van der Waals surface area contributed by atoms with Crippen molar-refractivity contribution < 1.29 is 19.0 Å². The molecule has 7 nitrogen and oxygen atoms in total. The van der Waals surface area contributed by atoms with Gasteiger partial charge in [0, 0.05) is 30.1 Å². The first-order valence-corrected chi connectivity index (χ1v) is 11.9. The van der Waals surface area contributed by atoms with Crippen molar-refractivity contribution in [3.05, 3.63) is 48.0 Å². The molecule has 1 N–H and O–H groups in total. The molecule has 0 spiro atoms. The minimum absolute atomic E-state index is 0.0710. The van der Waals surface area contributed by atoms with E-state index < -0.39 is 6.09 Å². The van der Waals surface area contributed by atoms with Crippen LogP contribution < -0.4 is 10.1 Å². The Morgan fingerprint density at radius 3 is 2.65 bits per heavy atom. The summed E-state index contributed by atoms with van der Waals surface area (Å²) in [5.41, 5.74) is 4.15. The molecule has 2 aromatic carbocycles. The Bertz CT molecular complexity index is 1230. The van der Waals surface area contributed by atoms with Crippen LogP contribution in [0.25, 0.3) is 22.2 Å². The summed E-state index contributed by atoms with van der Waals surface area (Å²) in [7, 11) is 0. The van der Waals surface area contributed by atoms with Crippen molar-refractivity contribution in [3.63, 3.8) is 0 Å². The van der Waals surface area contributed by atoms with Crippen molar-refractivity contribution in [1.82, 2.24) is 4.57 Å². The van der Waals surface area contributed by atoms with E-state index in [2.05, 4.69) is 22.0 Å². The first kappa shape index (κ1) is 22.3. The Morgan fingerprint density at radius 2 is 2.00 bits per heavy atom. The van der Waals surface area contributed by atoms with Gasteiger partial charge in [0.15, 0.2) is 0 Å². The molecular weight excluding hydrogens is 430 g/mol. The molecule has 1 saturated carbocycles. The molecule has 1 atom stereocenters. The average Bonchev–Trinajstić information content (AvgIpc) is 3.38. The van der Waals surface area contributed by atoms with E-state index in [1.54, 1.807) is 0 Å². The molecule has 1 aliphatic heterocycles. The van der Waals surface area contributed by atoms with E-state index in [-0.39, 0.29) is 12.2 Å². The van der Waals surface area contributed by atoms with Crippen LogP contribution in [-0.4, -0.2) is 36.1 Å². The lowest BCUT2D eigenvalue weighted by atomic mass is 10.1. The summed E-state index contributed by atoms with van der Waals surface area (Å²) in [4.78, 5) is 11.9. The van der Waals surface area contributed by atoms with Gasteiger partial charge in [0.25, 0.3) is 0 Å². The predicted octanol–water partition coefficient (Wildman–Crippen LogP) is 5.71. The number of nitrogens with one attached hydrogen (secondary N) is 1. The third-order valence-electron chi connectivity index (χ3n) is 6.22. The SMILES string of the molecule is CC(C)OC(=O)Nc1ccc(-c2c(C#N)c3ccc(OC4CCOC4)cc3n2CC2CC2)cc1. The first-order valence-electron chi connectivity index (χ1n) is 11.9. The summed E-state index contributed by atoms with van der Waals surface area (Å²) in [5.74, 6) is 1.43.